The van der Waals surface area contributed by atoms with Gasteiger partial charge in [0.2, 0.25) is 0 Å². The van der Waals surface area contributed by atoms with Crippen molar-refractivity contribution < 1.29 is 4.74 Å². The van der Waals surface area contributed by atoms with Gasteiger partial charge in [-0.2, -0.15) is 0 Å². The SMILES string of the molecule is CCOc1ccc(C(C)(C)C)cc1CC(C)N. The molecule has 1 rings (SSSR count). The summed E-state index contributed by atoms with van der Waals surface area (Å²) in [7, 11) is 0. The van der Waals surface area contributed by atoms with Gasteiger partial charge in [0.1, 0.15) is 5.75 Å². The van der Waals surface area contributed by atoms with E-state index in [1.165, 1.54) is 11.1 Å². The molecule has 2 N–H and O–H groups in total. The highest BCUT2D eigenvalue weighted by atomic mass is 16.5. The second-order valence-corrected chi connectivity index (χ2v) is 5.69. The molecule has 17 heavy (non-hydrogen) atoms. The van der Waals surface area contributed by atoms with Crippen LogP contribution in [0.5, 0.6) is 5.75 Å². The van der Waals surface area contributed by atoms with Gasteiger partial charge in [0, 0.05) is 6.04 Å². The molecule has 96 valence electrons. The molecule has 0 bridgehead atoms. The standard InChI is InChI=1S/C15H25NO/c1-6-17-14-8-7-13(15(3,4)5)10-12(14)9-11(2)16/h7-8,10-11H,6,9,16H2,1-5H3. The third-order valence-corrected chi connectivity index (χ3v) is 2.77. The van der Waals surface area contributed by atoms with Crippen LogP contribution >= 0.6 is 0 Å². The van der Waals surface area contributed by atoms with Crippen molar-refractivity contribution in [1.82, 2.24) is 0 Å². The summed E-state index contributed by atoms with van der Waals surface area (Å²) in [5.41, 5.74) is 8.60. The fourth-order valence-corrected chi connectivity index (χ4v) is 1.85. The van der Waals surface area contributed by atoms with Gasteiger partial charge in [-0.1, -0.05) is 32.9 Å². The lowest BCUT2D eigenvalue weighted by molar-refractivity contribution is 0.335. The molecule has 2 heteroatoms. The van der Waals surface area contributed by atoms with Crippen LogP contribution in [-0.4, -0.2) is 12.6 Å². The van der Waals surface area contributed by atoms with E-state index in [4.69, 9.17) is 10.5 Å². The van der Waals surface area contributed by atoms with E-state index in [1.807, 2.05) is 13.8 Å². The zero-order chi connectivity index (χ0) is 13.1. The van der Waals surface area contributed by atoms with E-state index in [9.17, 15) is 0 Å². The Hall–Kier alpha value is -1.02. The monoisotopic (exact) mass is 235 g/mol. The molecule has 1 aromatic rings. The molecule has 0 aliphatic carbocycles. The first-order valence-electron chi connectivity index (χ1n) is 6.36. The highest BCUT2D eigenvalue weighted by Crippen LogP contribution is 2.28. The lowest BCUT2D eigenvalue weighted by atomic mass is 9.85. The van der Waals surface area contributed by atoms with Crippen molar-refractivity contribution in [2.75, 3.05) is 6.61 Å². The van der Waals surface area contributed by atoms with Crippen molar-refractivity contribution in [1.29, 1.82) is 0 Å². The van der Waals surface area contributed by atoms with Gasteiger partial charge < -0.3 is 10.5 Å². The molecule has 1 unspecified atom stereocenters. The van der Waals surface area contributed by atoms with Gasteiger partial charge in [0.25, 0.3) is 0 Å². The summed E-state index contributed by atoms with van der Waals surface area (Å²) in [6.45, 7) is 11.4. The topological polar surface area (TPSA) is 35.2 Å². The highest BCUT2D eigenvalue weighted by Gasteiger charge is 2.16. The molecular formula is C15H25NO. The van der Waals surface area contributed by atoms with Crippen molar-refractivity contribution in [2.24, 2.45) is 5.73 Å². The van der Waals surface area contributed by atoms with Crippen molar-refractivity contribution >= 4 is 0 Å². The second-order valence-electron chi connectivity index (χ2n) is 5.69. The lowest BCUT2D eigenvalue weighted by Crippen LogP contribution is -2.19. The van der Waals surface area contributed by atoms with Crippen LogP contribution in [-0.2, 0) is 11.8 Å². The summed E-state index contributed by atoms with van der Waals surface area (Å²) < 4.78 is 5.65. The van der Waals surface area contributed by atoms with Crippen LogP contribution < -0.4 is 10.5 Å². The van der Waals surface area contributed by atoms with Gasteiger partial charge >= 0.3 is 0 Å². The molecule has 1 aromatic carbocycles. The number of hydrogen-bond acceptors (Lipinski definition) is 2. The number of rotatable bonds is 4. The molecule has 0 fully saturated rings. The molecule has 0 spiro atoms. The Labute approximate surface area is 105 Å². The van der Waals surface area contributed by atoms with Gasteiger partial charge in [-0.25, -0.2) is 0 Å². The Bertz CT molecular complexity index is 364. The summed E-state index contributed by atoms with van der Waals surface area (Å²) in [6.07, 6.45) is 0.860. The van der Waals surface area contributed by atoms with Crippen LogP contribution in [0.4, 0.5) is 0 Å². The minimum absolute atomic E-state index is 0.157. The van der Waals surface area contributed by atoms with E-state index in [0.717, 1.165) is 12.2 Å². The van der Waals surface area contributed by atoms with Crippen LogP contribution in [0, 0.1) is 0 Å². The normalized spacial score (nSPS) is 13.5. The maximum atomic E-state index is 5.89. The van der Waals surface area contributed by atoms with Gasteiger partial charge in [0.05, 0.1) is 6.61 Å². The van der Waals surface area contributed by atoms with Gasteiger partial charge in [-0.05, 0) is 42.9 Å². The molecular weight excluding hydrogens is 210 g/mol. The molecule has 1 atom stereocenters. The van der Waals surface area contributed by atoms with Crippen LogP contribution in [0.1, 0.15) is 45.7 Å². The summed E-state index contributed by atoms with van der Waals surface area (Å²) in [4.78, 5) is 0. The third kappa shape index (κ3) is 4.04. The molecule has 0 aliphatic rings. The van der Waals surface area contributed by atoms with Gasteiger partial charge in [0.15, 0.2) is 0 Å². The molecule has 0 heterocycles. The molecule has 0 radical (unpaired) electrons. The second kappa shape index (κ2) is 5.54. The van der Waals surface area contributed by atoms with E-state index >= 15 is 0 Å². The average molecular weight is 235 g/mol. The van der Waals surface area contributed by atoms with Crippen molar-refractivity contribution in [3.8, 4) is 5.75 Å². The zero-order valence-electron chi connectivity index (χ0n) is 11.7. The number of hydrogen-bond donors (Lipinski definition) is 1. The Morgan fingerprint density at radius 2 is 1.94 bits per heavy atom. The van der Waals surface area contributed by atoms with Gasteiger partial charge in [-0.15, -0.1) is 0 Å². The number of ether oxygens (including phenoxy) is 1. The van der Waals surface area contributed by atoms with Crippen molar-refractivity contribution in [3.05, 3.63) is 29.3 Å². The van der Waals surface area contributed by atoms with Crippen LogP contribution in [0.25, 0.3) is 0 Å². The smallest absolute Gasteiger partial charge is 0.122 e. The van der Waals surface area contributed by atoms with Crippen molar-refractivity contribution in [3.63, 3.8) is 0 Å². The Morgan fingerprint density at radius 1 is 1.29 bits per heavy atom. The average Bonchev–Trinajstić information content (AvgIpc) is 2.18. The van der Waals surface area contributed by atoms with E-state index in [2.05, 4.69) is 39.0 Å². The number of nitrogens with two attached hydrogens (primary N) is 1. The van der Waals surface area contributed by atoms with Crippen LogP contribution in [0.2, 0.25) is 0 Å². The quantitative estimate of drug-likeness (QED) is 0.869. The highest BCUT2D eigenvalue weighted by molar-refractivity contribution is 5.40. The summed E-state index contributed by atoms with van der Waals surface area (Å²) in [5.74, 6) is 0.970. The van der Waals surface area contributed by atoms with Crippen LogP contribution in [0.15, 0.2) is 18.2 Å². The third-order valence-electron chi connectivity index (χ3n) is 2.77. The summed E-state index contributed by atoms with van der Waals surface area (Å²) in [6, 6.07) is 6.61. The Kier molecular flexibility index (Phi) is 4.58. The Balaban J connectivity index is 3.09. The van der Waals surface area contributed by atoms with Crippen molar-refractivity contribution in [2.45, 2.75) is 52.5 Å². The first kappa shape index (κ1) is 14.0. The molecule has 0 saturated heterocycles. The summed E-state index contributed by atoms with van der Waals surface area (Å²) >= 11 is 0. The Morgan fingerprint density at radius 3 is 2.41 bits per heavy atom. The van der Waals surface area contributed by atoms with Gasteiger partial charge in [-0.3, -0.25) is 0 Å². The van der Waals surface area contributed by atoms with E-state index < -0.39 is 0 Å². The lowest BCUT2D eigenvalue weighted by Gasteiger charge is -2.22. The molecule has 0 aromatic heterocycles. The predicted molar refractivity (Wildman–Crippen MR) is 73.7 cm³/mol. The fourth-order valence-electron chi connectivity index (χ4n) is 1.85. The first-order chi connectivity index (χ1) is 7.84. The maximum absolute atomic E-state index is 5.89. The zero-order valence-corrected chi connectivity index (χ0v) is 11.7. The fraction of sp³-hybridized carbons (Fsp3) is 0.600. The molecule has 2 nitrogen and oxygen atoms in total. The van der Waals surface area contributed by atoms with Crippen LogP contribution in [0.3, 0.4) is 0 Å². The molecule has 0 saturated carbocycles. The van der Waals surface area contributed by atoms with E-state index in [0.29, 0.717) is 6.61 Å². The maximum Gasteiger partial charge on any atom is 0.122 e. The number of benzene rings is 1. The predicted octanol–water partition coefficient (Wildman–Crippen LogP) is 3.27. The largest absolute Gasteiger partial charge is 0.494 e. The minimum atomic E-state index is 0.157. The van der Waals surface area contributed by atoms with E-state index in [1.54, 1.807) is 0 Å². The first-order valence-corrected chi connectivity index (χ1v) is 6.36. The minimum Gasteiger partial charge on any atom is -0.494 e. The molecule has 0 amide bonds. The molecule has 0 aliphatic heterocycles. The van der Waals surface area contributed by atoms with E-state index in [-0.39, 0.29) is 11.5 Å². The summed E-state index contributed by atoms with van der Waals surface area (Å²) in [5, 5.41) is 0.